The van der Waals surface area contributed by atoms with Gasteiger partial charge in [0.05, 0.1) is 22.2 Å². The molecule has 1 amide bonds. The highest BCUT2D eigenvalue weighted by Crippen LogP contribution is 2.35. The lowest BCUT2D eigenvalue weighted by Crippen LogP contribution is -2.45. The summed E-state index contributed by atoms with van der Waals surface area (Å²) >= 11 is 0. The van der Waals surface area contributed by atoms with E-state index in [1.807, 2.05) is 11.9 Å². The van der Waals surface area contributed by atoms with E-state index in [2.05, 4.69) is 25.4 Å². The Bertz CT molecular complexity index is 1040. The van der Waals surface area contributed by atoms with E-state index in [-0.39, 0.29) is 11.0 Å². The van der Waals surface area contributed by atoms with Gasteiger partial charge in [0.25, 0.3) is 0 Å². The summed E-state index contributed by atoms with van der Waals surface area (Å²) in [6.07, 6.45) is -4.75. The minimum absolute atomic E-state index is 0.0288. The standard InChI is InChI=1S/C15H15F3N8O/c1-24-2-4-25(5-3-24)13-14-21-22-23-26(14)11-6-8(12(19)27)9(15(16,17)18)7-10(11)20-13/h6-7H,2-5H2,1H3,(H2,19,27). The monoisotopic (exact) mass is 380 g/mol. The van der Waals surface area contributed by atoms with E-state index in [4.69, 9.17) is 5.73 Å². The average Bonchev–Trinajstić information content (AvgIpc) is 3.10. The molecule has 12 heteroatoms. The van der Waals surface area contributed by atoms with Crippen molar-refractivity contribution in [2.75, 3.05) is 38.1 Å². The summed E-state index contributed by atoms with van der Waals surface area (Å²) < 4.78 is 41.5. The van der Waals surface area contributed by atoms with Crippen LogP contribution in [0.3, 0.4) is 0 Å². The van der Waals surface area contributed by atoms with Gasteiger partial charge in [-0.1, -0.05) is 0 Å². The molecule has 2 aromatic heterocycles. The predicted octanol–water partition coefficient (Wildman–Crippen LogP) is 0.542. The molecule has 0 saturated carbocycles. The van der Waals surface area contributed by atoms with Crippen molar-refractivity contribution in [1.29, 1.82) is 0 Å². The van der Waals surface area contributed by atoms with Gasteiger partial charge < -0.3 is 15.5 Å². The third-order valence-corrected chi connectivity index (χ3v) is 4.61. The number of nitrogens with two attached hydrogens (primary N) is 1. The molecule has 0 bridgehead atoms. The molecule has 1 aromatic carbocycles. The van der Waals surface area contributed by atoms with Gasteiger partial charge in [-0.2, -0.15) is 17.7 Å². The molecule has 0 unspecified atom stereocenters. The Labute approximate surface area is 150 Å². The molecule has 2 N–H and O–H groups in total. The predicted molar refractivity (Wildman–Crippen MR) is 89.3 cm³/mol. The van der Waals surface area contributed by atoms with Crippen LogP contribution in [0.25, 0.3) is 16.7 Å². The van der Waals surface area contributed by atoms with Gasteiger partial charge in [-0.25, -0.2) is 4.98 Å². The number of anilines is 1. The molecule has 1 aliphatic heterocycles. The van der Waals surface area contributed by atoms with Crippen LogP contribution in [0.4, 0.5) is 19.0 Å². The number of hydrogen-bond donors (Lipinski definition) is 1. The quantitative estimate of drug-likeness (QED) is 0.692. The van der Waals surface area contributed by atoms with Crippen molar-refractivity contribution in [3.8, 4) is 0 Å². The second-order valence-electron chi connectivity index (χ2n) is 6.39. The molecule has 3 aromatic rings. The lowest BCUT2D eigenvalue weighted by Gasteiger charge is -2.33. The summed E-state index contributed by atoms with van der Waals surface area (Å²) in [6, 6.07) is 1.85. The highest BCUT2D eigenvalue weighted by molar-refractivity contribution is 5.99. The Morgan fingerprint density at radius 2 is 1.89 bits per heavy atom. The number of carbonyl (C=O) groups excluding carboxylic acids is 1. The van der Waals surface area contributed by atoms with E-state index >= 15 is 0 Å². The molecule has 142 valence electrons. The van der Waals surface area contributed by atoms with E-state index in [0.717, 1.165) is 25.2 Å². The highest BCUT2D eigenvalue weighted by atomic mass is 19.4. The number of benzene rings is 1. The van der Waals surface area contributed by atoms with E-state index < -0.39 is 23.2 Å². The van der Waals surface area contributed by atoms with Crippen molar-refractivity contribution in [3.05, 3.63) is 23.3 Å². The third-order valence-electron chi connectivity index (χ3n) is 4.61. The second kappa shape index (κ2) is 6.01. The van der Waals surface area contributed by atoms with Crippen molar-refractivity contribution in [2.45, 2.75) is 6.18 Å². The zero-order valence-corrected chi connectivity index (χ0v) is 14.2. The van der Waals surface area contributed by atoms with E-state index in [1.54, 1.807) is 0 Å². The number of amides is 1. The Hall–Kier alpha value is -3.02. The van der Waals surface area contributed by atoms with Gasteiger partial charge in [0.15, 0.2) is 5.82 Å². The molecule has 27 heavy (non-hydrogen) atoms. The minimum Gasteiger partial charge on any atom is -0.366 e. The Balaban J connectivity index is 1.97. The Kier molecular flexibility index (Phi) is 3.87. The summed E-state index contributed by atoms with van der Waals surface area (Å²) in [5.41, 5.74) is 3.88. The van der Waals surface area contributed by atoms with Crippen LogP contribution in [0.1, 0.15) is 15.9 Å². The second-order valence-corrected chi connectivity index (χ2v) is 6.39. The molecular weight excluding hydrogens is 365 g/mol. The summed E-state index contributed by atoms with van der Waals surface area (Å²) in [7, 11) is 1.99. The number of hydrogen-bond acceptors (Lipinski definition) is 7. The van der Waals surface area contributed by atoms with Gasteiger partial charge in [-0.3, -0.25) is 4.79 Å². The van der Waals surface area contributed by atoms with Crippen molar-refractivity contribution in [2.24, 2.45) is 5.73 Å². The number of likely N-dealkylation sites (N-methyl/N-ethyl adjacent to an activating group) is 1. The summed E-state index contributed by atoms with van der Waals surface area (Å²) in [6.45, 7) is 2.84. The minimum atomic E-state index is -4.75. The van der Waals surface area contributed by atoms with Crippen LogP contribution in [-0.2, 0) is 6.18 Å². The fourth-order valence-corrected chi connectivity index (χ4v) is 3.16. The average molecular weight is 380 g/mol. The van der Waals surface area contributed by atoms with Gasteiger partial charge in [-0.15, -0.1) is 5.10 Å². The number of rotatable bonds is 2. The van der Waals surface area contributed by atoms with E-state index in [9.17, 15) is 18.0 Å². The van der Waals surface area contributed by atoms with Gasteiger partial charge >= 0.3 is 6.18 Å². The first-order valence-corrected chi connectivity index (χ1v) is 8.12. The summed E-state index contributed by atoms with van der Waals surface area (Å²) in [4.78, 5) is 20.0. The Morgan fingerprint density at radius 3 is 2.52 bits per heavy atom. The van der Waals surface area contributed by atoms with Crippen molar-refractivity contribution in [3.63, 3.8) is 0 Å². The lowest BCUT2D eigenvalue weighted by atomic mass is 10.0. The van der Waals surface area contributed by atoms with Crippen LogP contribution in [0.15, 0.2) is 12.1 Å². The number of aromatic nitrogens is 5. The van der Waals surface area contributed by atoms with Gasteiger partial charge in [-0.05, 0) is 29.6 Å². The maximum atomic E-state index is 13.4. The summed E-state index contributed by atoms with van der Waals surface area (Å²) in [5.74, 6) is -0.783. The van der Waals surface area contributed by atoms with Crippen molar-refractivity contribution in [1.82, 2.24) is 29.9 Å². The van der Waals surface area contributed by atoms with Gasteiger partial charge in [0, 0.05) is 26.2 Å². The van der Waals surface area contributed by atoms with Gasteiger partial charge in [0.1, 0.15) is 0 Å². The van der Waals surface area contributed by atoms with Crippen molar-refractivity contribution >= 4 is 28.4 Å². The molecule has 1 saturated heterocycles. The topological polar surface area (TPSA) is 106 Å². The molecule has 0 spiro atoms. The Morgan fingerprint density at radius 1 is 1.19 bits per heavy atom. The van der Waals surface area contributed by atoms with Crippen LogP contribution >= 0.6 is 0 Å². The fourth-order valence-electron chi connectivity index (χ4n) is 3.16. The first-order valence-electron chi connectivity index (χ1n) is 8.12. The highest BCUT2D eigenvalue weighted by Gasteiger charge is 2.36. The molecule has 0 aliphatic carbocycles. The van der Waals surface area contributed by atoms with Crippen LogP contribution < -0.4 is 10.6 Å². The molecule has 4 rings (SSSR count). The van der Waals surface area contributed by atoms with Crippen molar-refractivity contribution < 1.29 is 18.0 Å². The fraction of sp³-hybridized carbons (Fsp3) is 0.400. The maximum Gasteiger partial charge on any atom is 0.417 e. The van der Waals surface area contributed by atoms with E-state index in [1.165, 1.54) is 4.52 Å². The SMILES string of the molecule is CN1CCN(c2nc3cc(C(F)(F)F)c(C(N)=O)cc3n3nnnc23)CC1. The normalized spacial score (nSPS) is 16.4. The molecule has 0 atom stereocenters. The molecule has 3 heterocycles. The van der Waals surface area contributed by atoms with Crippen LogP contribution in [0.5, 0.6) is 0 Å². The molecular formula is C15H15F3N8O. The number of fused-ring (bicyclic) bond motifs is 3. The third kappa shape index (κ3) is 2.91. The summed E-state index contributed by atoms with van der Waals surface area (Å²) in [5, 5.41) is 11.4. The van der Waals surface area contributed by atoms with Crippen LogP contribution in [0, 0.1) is 0 Å². The number of alkyl halides is 3. The van der Waals surface area contributed by atoms with Crippen LogP contribution in [0.2, 0.25) is 0 Å². The lowest BCUT2D eigenvalue weighted by molar-refractivity contribution is -0.137. The van der Waals surface area contributed by atoms with Crippen LogP contribution in [-0.4, -0.2) is 69.1 Å². The number of piperazine rings is 1. The zero-order chi connectivity index (χ0) is 19.3. The molecule has 0 radical (unpaired) electrons. The number of tetrazole rings is 1. The number of carbonyl (C=O) groups is 1. The zero-order valence-electron chi connectivity index (χ0n) is 14.2. The molecule has 1 aliphatic rings. The van der Waals surface area contributed by atoms with Gasteiger partial charge in [0.2, 0.25) is 11.6 Å². The number of primary amides is 1. The maximum absolute atomic E-state index is 13.4. The largest absolute Gasteiger partial charge is 0.417 e. The first-order chi connectivity index (χ1) is 12.8. The first kappa shape index (κ1) is 17.4. The number of nitrogens with zero attached hydrogens (tertiary/aromatic N) is 7. The van der Waals surface area contributed by atoms with E-state index in [0.29, 0.717) is 24.6 Å². The molecule has 1 fully saturated rings. The number of halogens is 3. The molecule has 9 nitrogen and oxygen atoms in total. The smallest absolute Gasteiger partial charge is 0.366 e.